The van der Waals surface area contributed by atoms with Gasteiger partial charge in [-0.15, -0.1) is 0 Å². The van der Waals surface area contributed by atoms with Crippen molar-refractivity contribution in [2.24, 2.45) is 5.92 Å². The molecule has 1 aromatic rings. The largest absolute Gasteiger partial charge is 0.457 e. The van der Waals surface area contributed by atoms with Gasteiger partial charge in [0, 0.05) is 12.0 Å². The Kier molecular flexibility index (Phi) is 6.38. The fourth-order valence-electron chi connectivity index (χ4n) is 1.63. The highest BCUT2D eigenvalue weighted by Crippen LogP contribution is 2.11. The van der Waals surface area contributed by atoms with Crippen LogP contribution in [0.3, 0.4) is 0 Å². The van der Waals surface area contributed by atoms with Crippen LogP contribution in [-0.4, -0.2) is 22.8 Å². The molecule has 2 atom stereocenters. The number of rotatable bonds is 5. The van der Waals surface area contributed by atoms with Crippen LogP contribution in [0.25, 0.3) is 6.08 Å². The van der Waals surface area contributed by atoms with Crippen LogP contribution in [-0.2, 0) is 9.53 Å². The lowest BCUT2D eigenvalue weighted by Crippen LogP contribution is -2.23. The summed E-state index contributed by atoms with van der Waals surface area (Å²) in [6.07, 6.45) is 5.97. The molecular formula is C18H24O3. The molecular weight excluding hydrogens is 264 g/mol. The van der Waals surface area contributed by atoms with Crippen molar-refractivity contribution in [3.63, 3.8) is 0 Å². The monoisotopic (exact) mass is 288 g/mol. The second-order valence-corrected chi connectivity index (χ2v) is 6.01. The van der Waals surface area contributed by atoms with Gasteiger partial charge in [0.15, 0.2) is 0 Å². The Labute approximate surface area is 127 Å². The van der Waals surface area contributed by atoms with Gasteiger partial charge >= 0.3 is 5.97 Å². The van der Waals surface area contributed by atoms with Crippen molar-refractivity contribution in [1.82, 2.24) is 0 Å². The van der Waals surface area contributed by atoms with Crippen molar-refractivity contribution in [1.29, 1.82) is 0 Å². The molecule has 1 aromatic carbocycles. The maximum absolute atomic E-state index is 11.6. The van der Waals surface area contributed by atoms with Crippen molar-refractivity contribution in [2.75, 3.05) is 0 Å². The molecule has 0 aromatic heterocycles. The van der Waals surface area contributed by atoms with Crippen LogP contribution in [0.5, 0.6) is 0 Å². The summed E-state index contributed by atoms with van der Waals surface area (Å²) < 4.78 is 5.17. The molecule has 0 radical (unpaired) electrons. The molecule has 1 rings (SSSR count). The predicted octanol–water partition coefficient (Wildman–Crippen LogP) is 3.59. The zero-order valence-electron chi connectivity index (χ0n) is 13.1. The molecule has 114 valence electrons. The van der Waals surface area contributed by atoms with Crippen molar-refractivity contribution >= 4 is 12.0 Å². The predicted molar refractivity (Wildman–Crippen MR) is 85.6 cm³/mol. The molecule has 0 spiro atoms. The second kappa shape index (κ2) is 7.79. The zero-order chi connectivity index (χ0) is 15.9. The van der Waals surface area contributed by atoms with Gasteiger partial charge in [-0.1, -0.05) is 55.5 Å². The maximum Gasteiger partial charge on any atom is 0.330 e. The highest BCUT2D eigenvalue weighted by Gasteiger charge is 2.15. The fraction of sp³-hybridized carbons (Fsp3) is 0.389. The number of carbonyl (C=O) groups is 1. The number of aliphatic hydroxyl groups excluding tert-OH is 1. The first-order valence-electron chi connectivity index (χ1n) is 7.10. The molecule has 21 heavy (non-hydrogen) atoms. The summed E-state index contributed by atoms with van der Waals surface area (Å²) in [6, 6.07) is 9.75. The summed E-state index contributed by atoms with van der Waals surface area (Å²) in [5.41, 5.74) is 0.524. The van der Waals surface area contributed by atoms with Gasteiger partial charge in [0.1, 0.15) is 5.60 Å². The van der Waals surface area contributed by atoms with Crippen molar-refractivity contribution in [3.05, 3.63) is 54.1 Å². The Hall–Kier alpha value is -1.87. The van der Waals surface area contributed by atoms with E-state index in [4.69, 9.17) is 4.74 Å². The van der Waals surface area contributed by atoms with Gasteiger partial charge in [-0.25, -0.2) is 4.79 Å². The number of carbonyl (C=O) groups excluding carboxylic acids is 1. The minimum Gasteiger partial charge on any atom is -0.457 e. The van der Waals surface area contributed by atoms with E-state index in [2.05, 4.69) is 0 Å². The summed E-state index contributed by atoms with van der Waals surface area (Å²) in [4.78, 5) is 11.6. The summed E-state index contributed by atoms with van der Waals surface area (Å²) in [5.74, 6) is -0.564. The summed E-state index contributed by atoms with van der Waals surface area (Å²) in [6.45, 7) is 7.31. The molecule has 0 unspecified atom stereocenters. The molecule has 0 aliphatic carbocycles. The standard InChI is InChI=1S/C18H24O3/c1-14(10-13-17(20)21-18(2,3)4)16(19)12-11-15-8-6-5-7-9-15/h5-14,16,19H,1-4H3/b12-11+,13-10+/t14-,16+/m1/s1. The van der Waals surface area contributed by atoms with E-state index in [0.717, 1.165) is 5.56 Å². The summed E-state index contributed by atoms with van der Waals surface area (Å²) >= 11 is 0. The van der Waals surface area contributed by atoms with Crippen LogP contribution in [0.4, 0.5) is 0 Å². The Bertz CT molecular complexity index is 495. The fourth-order valence-corrected chi connectivity index (χ4v) is 1.63. The van der Waals surface area contributed by atoms with E-state index < -0.39 is 17.7 Å². The number of esters is 1. The van der Waals surface area contributed by atoms with Gasteiger partial charge < -0.3 is 9.84 Å². The normalized spacial score (nSPS) is 15.3. The van der Waals surface area contributed by atoms with E-state index in [1.165, 1.54) is 6.08 Å². The van der Waals surface area contributed by atoms with Crippen LogP contribution in [0, 0.1) is 5.92 Å². The van der Waals surface area contributed by atoms with Gasteiger partial charge in [0.25, 0.3) is 0 Å². The first-order valence-corrected chi connectivity index (χ1v) is 7.10. The summed E-state index contributed by atoms with van der Waals surface area (Å²) in [7, 11) is 0. The molecule has 3 heteroatoms. The highest BCUT2D eigenvalue weighted by molar-refractivity contribution is 5.82. The van der Waals surface area contributed by atoms with Gasteiger partial charge in [-0.3, -0.25) is 0 Å². The Balaban J connectivity index is 2.53. The number of benzene rings is 1. The minimum absolute atomic E-state index is 0.169. The van der Waals surface area contributed by atoms with E-state index in [0.29, 0.717) is 0 Å². The third-order valence-corrected chi connectivity index (χ3v) is 2.77. The van der Waals surface area contributed by atoms with Crippen molar-refractivity contribution in [2.45, 2.75) is 39.4 Å². The van der Waals surface area contributed by atoms with Crippen LogP contribution >= 0.6 is 0 Å². The maximum atomic E-state index is 11.6. The lowest BCUT2D eigenvalue weighted by Gasteiger charge is -2.18. The van der Waals surface area contributed by atoms with E-state index in [-0.39, 0.29) is 5.92 Å². The lowest BCUT2D eigenvalue weighted by atomic mass is 10.0. The molecule has 1 N–H and O–H groups in total. The molecule has 0 heterocycles. The van der Waals surface area contributed by atoms with Gasteiger partial charge in [-0.2, -0.15) is 0 Å². The lowest BCUT2D eigenvalue weighted by molar-refractivity contribution is -0.148. The minimum atomic E-state index is -0.649. The molecule has 0 bridgehead atoms. The van der Waals surface area contributed by atoms with Crippen LogP contribution in [0.2, 0.25) is 0 Å². The van der Waals surface area contributed by atoms with E-state index in [1.54, 1.807) is 12.2 Å². The molecule has 0 amide bonds. The average molecular weight is 288 g/mol. The van der Waals surface area contributed by atoms with Crippen LogP contribution in [0.1, 0.15) is 33.3 Å². The molecule has 0 saturated carbocycles. The Morgan fingerprint density at radius 2 is 1.81 bits per heavy atom. The first-order chi connectivity index (χ1) is 9.78. The van der Waals surface area contributed by atoms with Gasteiger partial charge in [0.05, 0.1) is 6.10 Å². The van der Waals surface area contributed by atoms with Crippen molar-refractivity contribution < 1.29 is 14.6 Å². The first kappa shape index (κ1) is 17.2. The molecule has 0 aliphatic rings. The molecule has 0 aliphatic heterocycles. The van der Waals surface area contributed by atoms with E-state index >= 15 is 0 Å². The molecule has 0 fully saturated rings. The number of aliphatic hydroxyl groups is 1. The smallest absolute Gasteiger partial charge is 0.330 e. The summed E-state index contributed by atoms with van der Waals surface area (Å²) in [5, 5.41) is 10.0. The second-order valence-electron chi connectivity index (χ2n) is 6.01. The Morgan fingerprint density at radius 1 is 1.19 bits per heavy atom. The Morgan fingerprint density at radius 3 is 2.38 bits per heavy atom. The van der Waals surface area contributed by atoms with Crippen LogP contribution in [0.15, 0.2) is 48.6 Å². The van der Waals surface area contributed by atoms with E-state index in [9.17, 15) is 9.90 Å². The number of ether oxygens (including phenoxy) is 1. The topological polar surface area (TPSA) is 46.5 Å². The van der Waals surface area contributed by atoms with E-state index in [1.807, 2.05) is 64.1 Å². The van der Waals surface area contributed by atoms with Gasteiger partial charge in [0.2, 0.25) is 0 Å². The third-order valence-electron chi connectivity index (χ3n) is 2.77. The number of hydrogen-bond donors (Lipinski definition) is 1. The zero-order valence-corrected chi connectivity index (χ0v) is 13.1. The average Bonchev–Trinajstić information content (AvgIpc) is 2.41. The van der Waals surface area contributed by atoms with Crippen molar-refractivity contribution in [3.8, 4) is 0 Å². The van der Waals surface area contributed by atoms with Crippen LogP contribution < -0.4 is 0 Å². The SMILES string of the molecule is C[C@H](/C=C/C(=O)OC(C)(C)C)[C@@H](O)/C=C/c1ccccc1. The molecule has 3 nitrogen and oxygen atoms in total. The third kappa shape index (κ3) is 7.47. The quantitative estimate of drug-likeness (QED) is 0.665. The molecule has 0 saturated heterocycles. The number of hydrogen-bond acceptors (Lipinski definition) is 3. The highest BCUT2D eigenvalue weighted by atomic mass is 16.6. The van der Waals surface area contributed by atoms with Gasteiger partial charge in [-0.05, 0) is 26.3 Å².